The fraction of sp³-hybridized carbons (Fsp3) is 0.0526. The quantitative estimate of drug-likeness (QED) is 0.663. The third kappa shape index (κ3) is 4.72. The van der Waals surface area contributed by atoms with E-state index in [1.54, 1.807) is 24.3 Å². The molecule has 0 unspecified atom stereocenters. The summed E-state index contributed by atoms with van der Waals surface area (Å²) in [4.78, 5) is 16.4. The fourth-order valence-electron chi connectivity index (χ4n) is 2.45. The SMILES string of the molecule is NS(=O)(=O)c1ccc(CNC(=O)c2ccc(-c3ccc(F)cc3)nc2)c(Cl)c1. The standard InChI is InChI=1S/C19H15ClFN3O3S/c20-17-9-16(28(22,26)27)7-3-13(17)10-24-19(25)14-4-8-18(23-11-14)12-1-5-15(21)6-2-12/h1-9,11H,10H2,(H,24,25)(H2,22,26,27). The topological polar surface area (TPSA) is 102 Å². The zero-order valence-electron chi connectivity index (χ0n) is 14.4. The summed E-state index contributed by atoms with van der Waals surface area (Å²) in [5.74, 6) is -0.708. The van der Waals surface area contributed by atoms with E-state index in [4.69, 9.17) is 16.7 Å². The molecule has 1 amide bonds. The molecule has 2 aromatic carbocycles. The summed E-state index contributed by atoms with van der Waals surface area (Å²) >= 11 is 6.05. The molecule has 28 heavy (non-hydrogen) atoms. The molecule has 0 saturated heterocycles. The number of amides is 1. The zero-order chi connectivity index (χ0) is 20.3. The van der Waals surface area contributed by atoms with Crippen LogP contribution in [0.4, 0.5) is 4.39 Å². The molecule has 3 aromatic rings. The predicted molar refractivity (Wildman–Crippen MR) is 104 cm³/mol. The van der Waals surface area contributed by atoms with Crippen molar-refractivity contribution in [3.63, 3.8) is 0 Å². The highest BCUT2D eigenvalue weighted by atomic mass is 35.5. The monoisotopic (exact) mass is 419 g/mol. The lowest BCUT2D eigenvalue weighted by atomic mass is 10.1. The average molecular weight is 420 g/mol. The van der Waals surface area contributed by atoms with E-state index < -0.39 is 10.0 Å². The number of hydrogen-bond donors (Lipinski definition) is 2. The van der Waals surface area contributed by atoms with Gasteiger partial charge in [-0.25, -0.2) is 17.9 Å². The van der Waals surface area contributed by atoms with Crippen molar-refractivity contribution in [2.24, 2.45) is 5.14 Å². The Kier molecular flexibility index (Phi) is 5.73. The Balaban J connectivity index is 1.67. The van der Waals surface area contributed by atoms with Gasteiger partial charge in [-0.05, 0) is 54.1 Å². The highest BCUT2D eigenvalue weighted by Gasteiger charge is 2.12. The zero-order valence-corrected chi connectivity index (χ0v) is 16.0. The molecule has 9 heteroatoms. The predicted octanol–water partition coefficient (Wildman–Crippen LogP) is 3.12. The number of nitrogens with zero attached hydrogens (tertiary/aromatic N) is 1. The second-order valence-corrected chi connectivity index (χ2v) is 7.89. The van der Waals surface area contributed by atoms with E-state index in [1.165, 1.54) is 36.5 Å². The van der Waals surface area contributed by atoms with E-state index >= 15 is 0 Å². The molecular weight excluding hydrogens is 405 g/mol. The first-order chi connectivity index (χ1) is 13.2. The first-order valence-electron chi connectivity index (χ1n) is 8.05. The molecule has 0 aliphatic rings. The molecule has 1 heterocycles. The van der Waals surface area contributed by atoms with Crippen molar-refractivity contribution in [1.29, 1.82) is 0 Å². The van der Waals surface area contributed by atoms with Gasteiger partial charge in [-0.3, -0.25) is 9.78 Å². The molecule has 0 aliphatic heterocycles. The van der Waals surface area contributed by atoms with Crippen molar-refractivity contribution >= 4 is 27.5 Å². The van der Waals surface area contributed by atoms with Crippen LogP contribution in [0.5, 0.6) is 0 Å². The van der Waals surface area contributed by atoms with E-state index in [9.17, 15) is 17.6 Å². The summed E-state index contributed by atoms with van der Waals surface area (Å²) in [6.07, 6.45) is 1.42. The smallest absolute Gasteiger partial charge is 0.253 e. The van der Waals surface area contributed by atoms with Crippen LogP contribution in [0.1, 0.15) is 15.9 Å². The number of rotatable bonds is 5. The first kappa shape index (κ1) is 19.9. The second-order valence-electron chi connectivity index (χ2n) is 5.92. The van der Waals surface area contributed by atoms with E-state index in [-0.39, 0.29) is 28.2 Å². The van der Waals surface area contributed by atoms with Crippen LogP contribution in [0.2, 0.25) is 5.02 Å². The summed E-state index contributed by atoms with van der Waals surface area (Å²) in [5, 5.41) is 7.92. The largest absolute Gasteiger partial charge is 0.348 e. The third-order valence-electron chi connectivity index (χ3n) is 3.96. The van der Waals surface area contributed by atoms with Gasteiger partial charge in [0.2, 0.25) is 10.0 Å². The van der Waals surface area contributed by atoms with Crippen LogP contribution in [-0.2, 0) is 16.6 Å². The van der Waals surface area contributed by atoms with Crippen LogP contribution < -0.4 is 10.5 Å². The maximum Gasteiger partial charge on any atom is 0.253 e. The molecule has 0 radical (unpaired) electrons. The maximum absolute atomic E-state index is 13.0. The molecular formula is C19H15ClFN3O3S. The number of nitrogens with two attached hydrogens (primary N) is 1. The lowest BCUT2D eigenvalue weighted by Crippen LogP contribution is -2.23. The fourth-order valence-corrected chi connectivity index (χ4v) is 3.30. The highest BCUT2D eigenvalue weighted by Crippen LogP contribution is 2.21. The molecule has 144 valence electrons. The molecule has 6 nitrogen and oxygen atoms in total. The molecule has 0 aliphatic carbocycles. The van der Waals surface area contributed by atoms with Crippen molar-refractivity contribution in [3.8, 4) is 11.3 Å². The second kappa shape index (κ2) is 8.05. The van der Waals surface area contributed by atoms with Crippen molar-refractivity contribution in [1.82, 2.24) is 10.3 Å². The Morgan fingerprint density at radius 3 is 2.39 bits per heavy atom. The Bertz CT molecular complexity index is 1120. The van der Waals surface area contributed by atoms with Crippen molar-refractivity contribution < 1.29 is 17.6 Å². The van der Waals surface area contributed by atoms with Gasteiger partial charge < -0.3 is 5.32 Å². The van der Waals surface area contributed by atoms with Gasteiger partial charge in [0.15, 0.2) is 0 Å². The number of halogens is 2. The molecule has 3 N–H and O–H groups in total. The van der Waals surface area contributed by atoms with E-state index in [1.807, 2.05) is 0 Å². The molecule has 0 saturated carbocycles. The Hall–Kier alpha value is -2.81. The maximum atomic E-state index is 13.0. The minimum absolute atomic E-state index is 0.0995. The molecule has 0 spiro atoms. The van der Waals surface area contributed by atoms with Crippen molar-refractivity contribution in [2.75, 3.05) is 0 Å². The van der Waals surface area contributed by atoms with Gasteiger partial charge in [0.1, 0.15) is 5.82 Å². The third-order valence-corrected chi connectivity index (χ3v) is 5.22. The first-order valence-corrected chi connectivity index (χ1v) is 9.98. The molecule has 0 atom stereocenters. The lowest BCUT2D eigenvalue weighted by molar-refractivity contribution is 0.0950. The van der Waals surface area contributed by atoms with Gasteiger partial charge in [-0.1, -0.05) is 17.7 Å². The van der Waals surface area contributed by atoms with Crippen LogP contribution in [-0.4, -0.2) is 19.3 Å². The minimum Gasteiger partial charge on any atom is -0.348 e. The van der Waals surface area contributed by atoms with E-state index in [2.05, 4.69) is 10.3 Å². The summed E-state index contributed by atoms with van der Waals surface area (Å²) in [6.45, 7) is 0.0995. The van der Waals surface area contributed by atoms with Crippen LogP contribution >= 0.6 is 11.6 Å². The van der Waals surface area contributed by atoms with Gasteiger partial charge in [-0.15, -0.1) is 0 Å². The van der Waals surface area contributed by atoms with Gasteiger partial charge in [0.05, 0.1) is 16.2 Å². The van der Waals surface area contributed by atoms with Crippen LogP contribution in [0.3, 0.4) is 0 Å². The summed E-state index contributed by atoms with van der Waals surface area (Å²) in [6, 6.07) is 13.2. The number of aromatic nitrogens is 1. The Morgan fingerprint density at radius 2 is 1.82 bits per heavy atom. The van der Waals surface area contributed by atoms with Gasteiger partial charge in [0, 0.05) is 23.3 Å². The van der Waals surface area contributed by atoms with Crippen molar-refractivity contribution in [2.45, 2.75) is 11.4 Å². The van der Waals surface area contributed by atoms with Crippen LogP contribution in [0, 0.1) is 5.82 Å². The number of sulfonamides is 1. The van der Waals surface area contributed by atoms with Gasteiger partial charge >= 0.3 is 0 Å². The summed E-state index contributed by atoms with van der Waals surface area (Å²) in [7, 11) is -3.85. The van der Waals surface area contributed by atoms with Gasteiger partial charge in [0.25, 0.3) is 5.91 Å². The van der Waals surface area contributed by atoms with Crippen LogP contribution in [0.25, 0.3) is 11.3 Å². The number of carbonyl (C=O) groups is 1. The summed E-state index contributed by atoms with van der Waals surface area (Å²) in [5.41, 5.74) is 2.22. The minimum atomic E-state index is -3.85. The number of nitrogens with one attached hydrogen (secondary N) is 1. The van der Waals surface area contributed by atoms with E-state index in [0.29, 0.717) is 16.8 Å². The number of hydrogen-bond acceptors (Lipinski definition) is 4. The number of benzene rings is 2. The highest BCUT2D eigenvalue weighted by molar-refractivity contribution is 7.89. The summed E-state index contributed by atoms with van der Waals surface area (Å²) < 4.78 is 35.6. The lowest BCUT2D eigenvalue weighted by Gasteiger charge is -2.09. The van der Waals surface area contributed by atoms with Crippen LogP contribution in [0.15, 0.2) is 65.7 Å². The normalized spacial score (nSPS) is 11.2. The number of primary sulfonamides is 1. The average Bonchev–Trinajstić information content (AvgIpc) is 2.67. The van der Waals surface area contributed by atoms with Gasteiger partial charge in [-0.2, -0.15) is 0 Å². The Labute approximate surface area is 166 Å². The number of pyridine rings is 1. The molecule has 1 aromatic heterocycles. The number of carbonyl (C=O) groups excluding carboxylic acids is 1. The van der Waals surface area contributed by atoms with E-state index in [0.717, 1.165) is 5.56 Å². The molecule has 0 fully saturated rings. The molecule has 0 bridgehead atoms. The molecule has 3 rings (SSSR count). The van der Waals surface area contributed by atoms with Crippen molar-refractivity contribution in [3.05, 3.63) is 82.8 Å². The Morgan fingerprint density at radius 1 is 1.11 bits per heavy atom.